The Morgan fingerprint density at radius 1 is 1.18 bits per heavy atom. The Kier molecular flexibility index (Phi) is 7.97. The van der Waals surface area contributed by atoms with Crippen LogP contribution in [0.25, 0.3) is 0 Å². The van der Waals surface area contributed by atoms with E-state index in [0.717, 1.165) is 19.2 Å². The van der Waals surface area contributed by atoms with E-state index in [1.807, 2.05) is 4.90 Å². The van der Waals surface area contributed by atoms with Crippen molar-refractivity contribution in [3.05, 3.63) is 41.1 Å². The number of phosphoric ester groups is 1. The maximum atomic E-state index is 13.5. The second-order valence-electron chi connectivity index (χ2n) is 10.5. The van der Waals surface area contributed by atoms with Crippen LogP contribution in [0.2, 0.25) is 0 Å². The lowest BCUT2D eigenvalue weighted by Crippen LogP contribution is -2.39. The molecule has 2 unspecified atom stereocenters. The zero-order valence-electron chi connectivity index (χ0n) is 21.7. The van der Waals surface area contributed by atoms with Gasteiger partial charge in [-0.15, -0.1) is 0 Å². The van der Waals surface area contributed by atoms with Gasteiger partial charge in [-0.3, -0.25) is 9.32 Å². The Morgan fingerprint density at radius 3 is 2.50 bits per heavy atom. The molecule has 0 radical (unpaired) electrons. The average Bonchev–Trinajstić information content (AvgIpc) is 3.51. The Labute approximate surface area is 228 Å². The molecule has 0 spiro atoms. The molecule has 2 atom stereocenters. The molecule has 3 aliphatic rings. The Hall–Kier alpha value is -2.93. The predicted molar refractivity (Wildman–Crippen MR) is 138 cm³/mol. The lowest BCUT2D eigenvalue weighted by atomic mass is 9.93. The van der Waals surface area contributed by atoms with Crippen molar-refractivity contribution in [1.29, 1.82) is 0 Å². The van der Waals surface area contributed by atoms with Crippen molar-refractivity contribution in [3.8, 4) is 5.75 Å². The van der Waals surface area contributed by atoms with Crippen molar-refractivity contribution in [3.63, 3.8) is 0 Å². The first kappa shape index (κ1) is 28.6. The molecule has 1 aromatic carbocycles. The molecule has 2 aliphatic carbocycles. The van der Waals surface area contributed by atoms with Gasteiger partial charge in [0.2, 0.25) is 5.95 Å². The minimum atomic E-state index is -4.60. The van der Waals surface area contributed by atoms with E-state index in [-0.39, 0.29) is 29.7 Å². The fourth-order valence-corrected chi connectivity index (χ4v) is 6.03. The van der Waals surface area contributed by atoms with Gasteiger partial charge in [-0.1, -0.05) is 6.07 Å². The van der Waals surface area contributed by atoms with Gasteiger partial charge >= 0.3 is 14.0 Å². The smallest absolute Gasteiger partial charge is 0.469 e. The number of alkyl halides is 3. The number of ether oxygens (including phenoxy) is 1. The standard InChI is InChI=1S/C25H31F3N5O6P/c1-38-21-7-2-14(8-20(21)25(26,27)28)10-29-22-19(11-30-24(32-22)33-12-15-9-16(15)13-33)23(34)31-17-3-5-18(6-4-17)39-40(35,36)37/h2,7-8,11,15-18H,3-6,9-10,12-13H2,1H3,(H,31,34)(H,29,30,32)(H2,35,36,37). The summed E-state index contributed by atoms with van der Waals surface area (Å²) in [5.74, 6) is 1.15. The number of methoxy groups -OCH3 is 1. The van der Waals surface area contributed by atoms with Crippen molar-refractivity contribution in [2.45, 2.75) is 57.0 Å². The Balaban J connectivity index is 1.31. The molecule has 2 heterocycles. The summed E-state index contributed by atoms with van der Waals surface area (Å²) in [6.45, 7) is 1.62. The summed E-state index contributed by atoms with van der Waals surface area (Å²) < 4.78 is 61.3. The molecule has 1 aliphatic heterocycles. The van der Waals surface area contributed by atoms with E-state index in [2.05, 4.69) is 20.6 Å². The van der Waals surface area contributed by atoms with Crippen LogP contribution in [0.15, 0.2) is 24.4 Å². The number of anilines is 2. The van der Waals surface area contributed by atoms with Crippen LogP contribution in [0.5, 0.6) is 5.75 Å². The first-order valence-corrected chi connectivity index (χ1v) is 14.6. The number of nitrogens with zero attached hydrogens (tertiary/aromatic N) is 3. The number of carbonyl (C=O) groups is 1. The van der Waals surface area contributed by atoms with Crippen molar-refractivity contribution in [2.75, 3.05) is 30.4 Å². The number of carbonyl (C=O) groups excluding carboxylic acids is 1. The van der Waals surface area contributed by atoms with Gasteiger partial charge in [0.25, 0.3) is 5.91 Å². The third-order valence-corrected chi connectivity index (χ3v) is 8.18. The molecule has 218 valence electrons. The molecule has 40 heavy (non-hydrogen) atoms. The number of fused-ring (bicyclic) bond motifs is 1. The molecule has 11 nitrogen and oxygen atoms in total. The Morgan fingerprint density at radius 2 is 1.88 bits per heavy atom. The van der Waals surface area contributed by atoms with Gasteiger partial charge in [0.15, 0.2) is 0 Å². The lowest BCUT2D eigenvalue weighted by Gasteiger charge is -2.29. The SMILES string of the molecule is COc1ccc(CNc2nc(N3CC4CC4C3)ncc2C(=O)NC2CCC(OP(=O)(O)O)CC2)cc1C(F)(F)F. The number of hydrogen-bond donors (Lipinski definition) is 4. The van der Waals surface area contributed by atoms with Crippen LogP contribution in [0.4, 0.5) is 24.9 Å². The summed E-state index contributed by atoms with van der Waals surface area (Å²) >= 11 is 0. The molecule has 5 rings (SSSR count). The summed E-state index contributed by atoms with van der Waals surface area (Å²) in [5.41, 5.74) is -0.429. The van der Waals surface area contributed by atoms with E-state index in [1.165, 1.54) is 31.9 Å². The summed E-state index contributed by atoms with van der Waals surface area (Å²) in [7, 11) is -3.41. The first-order chi connectivity index (χ1) is 18.9. The molecule has 2 aromatic rings. The number of aromatic nitrogens is 2. The highest BCUT2D eigenvalue weighted by molar-refractivity contribution is 7.46. The molecule has 3 fully saturated rings. The zero-order valence-corrected chi connectivity index (χ0v) is 22.6. The second kappa shape index (κ2) is 11.2. The topological polar surface area (TPSA) is 146 Å². The monoisotopic (exact) mass is 585 g/mol. The van der Waals surface area contributed by atoms with Crippen LogP contribution in [0.3, 0.4) is 0 Å². The highest BCUT2D eigenvalue weighted by atomic mass is 31.2. The first-order valence-electron chi connectivity index (χ1n) is 13.0. The highest BCUT2D eigenvalue weighted by Gasteiger charge is 2.46. The number of amides is 1. The third kappa shape index (κ3) is 6.85. The molecule has 4 N–H and O–H groups in total. The molecule has 0 bridgehead atoms. The molecule has 2 saturated carbocycles. The van der Waals surface area contributed by atoms with Crippen LogP contribution in [0, 0.1) is 11.8 Å². The van der Waals surface area contributed by atoms with Gasteiger partial charge in [0.05, 0.1) is 18.8 Å². The minimum absolute atomic E-state index is 0.0279. The molecule has 1 saturated heterocycles. The van der Waals surface area contributed by atoms with E-state index in [1.54, 1.807) is 0 Å². The summed E-state index contributed by atoms with van der Waals surface area (Å²) in [6, 6.07) is 3.51. The van der Waals surface area contributed by atoms with Gasteiger partial charge in [-0.25, -0.2) is 9.55 Å². The van der Waals surface area contributed by atoms with Crippen molar-refractivity contribution < 1.29 is 41.6 Å². The van der Waals surface area contributed by atoms with Gasteiger partial charge in [-0.2, -0.15) is 18.2 Å². The van der Waals surface area contributed by atoms with Crippen LogP contribution < -0.4 is 20.3 Å². The van der Waals surface area contributed by atoms with E-state index in [9.17, 15) is 22.5 Å². The molecule has 1 amide bonds. The van der Waals surface area contributed by atoms with E-state index < -0.39 is 31.6 Å². The average molecular weight is 586 g/mol. The molecular weight excluding hydrogens is 554 g/mol. The van der Waals surface area contributed by atoms with Crippen LogP contribution >= 0.6 is 7.82 Å². The van der Waals surface area contributed by atoms with E-state index in [0.29, 0.717) is 49.0 Å². The molecule has 1 aromatic heterocycles. The largest absolute Gasteiger partial charge is 0.496 e. The van der Waals surface area contributed by atoms with Crippen LogP contribution in [-0.2, 0) is 21.8 Å². The normalized spacial score (nSPS) is 24.4. The predicted octanol–water partition coefficient (Wildman–Crippen LogP) is 3.72. The van der Waals surface area contributed by atoms with Crippen molar-refractivity contribution in [1.82, 2.24) is 15.3 Å². The van der Waals surface area contributed by atoms with Gasteiger partial charge in [0.1, 0.15) is 17.1 Å². The van der Waals surface area contributed by atoms with Gasteiger partial charge in [-0.05, 0) is 61.6 Å². The maximum absolute atomic E-state index is 13.5. The molecule has 15 heteroatoms. The second-order valence-corrected chi connectivity index (χ2v) is 11.7. The third-order valence-electron chi connectivity index (χ3n) is 7.61. The maximum Gasteiger partial charge on any atom is 0.469 e. The number of halogens is 3. The van der Waals surface area contributed by atoms with Gasteiger partial charge < -0.3 is 30.1 Å². The highest BCUT2D eigenvalue weighted by Crippen LogP contribution is 2.46. The fourth-order valence-electron chi connectivity index (χ4n) is 5.43. The number of rotatable bonds is 9. The lowest BCUT2D eigenvalue weighted by molar-refractivity contribution is -0.138. The van der Waals surface area contributed by atoms with Crippen molar-refractivity contribution >= 4 is 25.5 Å². The number of nitrogens with one attached hydrogen (secondary N) is 2. The summed E-state index contributed by atoms with van der Waals surface area (Å²) in [5, 5.41) is 5.95. The zero-order chi connectivity index (χ0) is 28.7. The van der Waals surface area contributed by atoms with E-state index in [4.69, 9.17) is 19.0 Å². The summed E-state index contributed by atoms with van der Waals surface area (Å²) in [4.78, 5) is 42.3. The number of hydrogen-bond acceptors (Lipinski definition) is 8. The summed E-state index contributed by atoms with van der Waals surface area (Å²) in [6.07, 6.45) is -0.933. The van der Waals surface area contributed by atoms with E-state index >= 15 is 0 Å². The van der Waals surface area contributed by atoms with Crippen LogP contribution in [0.1, 0.15) is 53.6 Å². The fraction of sp³-hybridized carbons (Fsp3) is 0.560. The number of phosphoric acid groups is 1. The van der Waals surface area contributed by atoms with Crippen molar-refractivity contribution in [2.24, 2.45) is 11.8 Å². The number of piperidine rings is 1. The quantitative estimate of drug-likeness (QED) is 0.321. The molecular formula is C25H31F3N5O6P. The van der Waals surface area contributed by atoms with Crippen LogP contribution in [-0.4, -0.2) is 58.0 Å². The number of benzene rings is 1. The Bertz CT molecular complexity index is 1290. The minimum Gasteiger partial charge on any atom is -0.496 e. The van der Waals surface area contributed by atoms with Gasteiger partial charge in [0, 0.05) is 31.9 Å².